The quantitative estimate of drug-likeness (QED) is 0.689. The van der Waals surface area contributed by atoms with E-state index in [4.69, 9.17) is 0 Å². The fraction of sp³-hybridized carbons (Fsp3) is 0.455. The third-order valence-electron chi connectivity index (χ3n) is 2.03. The molecule has 0 fully saturated rings. The highest BCUT2D eigenvalue weighted by Gasteiger charge is 2.12. The lowest BCUT2D eigenvalue weighted by atomic mass is 9.90. The highest BCUT2D eigenvalue weighted by Crippen LogP contribution is 2.19. The van der Waals surface area contributed by atoms with Crippen LogP contribution >= 0.6 is 0 Å². The van der Waals surface area contributed by atoms with Gasteiger partial charge in [-0.25, -0.2) is 0 Å². The van der Waals surface area contributed by atoms with Crippen molar-refractivity contribution in [1.29, 1.82) is 0 Å². The molecule has 2 aromatic heterocycles. The predicted molar refractivity (Wildman–Crippen MR) is 56.1 cm³/mol. The second-order valence-electron chi connectivity index (χ2n) is 4.81. The summed E-state index contributed by atoms with van der Waals surface area (Å²) in [6, 6.07) is 6.08. The Balaban J connectivity index is 2.35. The van der Waals surface area contributed by atoms with E-state index in [1.165, 1.54) is 0 Å². The Morgan fingerprint density at radius 1 is 1.21 bits per heavy atom. The molecule has 14 heavy (non-hydrogen) atoms. The Kier molecular flexibility index (Phi) is 2.02. The lowest BCUT2D eigenvalue weighted by Crippen LogP contribution is -2.11. The van der Waals surface area contributed by atoms with E-state index >= 15 is 0 Å². The summed E-state index contributed by atoms with van der Waals surface area (Å²) < 4.78 is 1.68. The molecule has 2 rings (SSSR count). The van der Waals surface area contributed by atoms with E-state index in [9.17, 15) is 0 Å². The van der Waals surface area contributed by atoms with Crippen LogP contribution in [0.25, 0.3) is 5.52 Å². The Morgan fingerprint density at radius 3 is 2.71 bits per heavy atom. The average molecular weight is 189 g/mol. The molecule has 0 amide bonds. The normalized spacial score (nSPS) is 12.2. The summed E-state index contributed by atoms with van der Waals surface area (Å²) in [5.41, 5.74) is 2.41. The van der Waals surface area contributed by atoms with Gasteiger partial charge in [0.1, 0.15) is 0 Å². The zero-order valence-corrected chi connectivity index (χ0v) is 8.86. The van der Waals surface area contributed by atoms with Gasteiger partial charge in [-0.1, -0.05) is 20.8 Å². The van der Waals surface area contributed by atoms with Gasteiger partial charge in [-0.15, -0.1) is 0 Å². The molecule has 74 valence electrons. The van der Waals surface area contributed by atoms with Crippen LogP contribution < -0.4 is 0 Å². The van der Waals surface area contributed by atoms with Crippen LogP contribution in [-0.4, -0.2) is 14.8 Å². The molecule has 0 spiro atoms. The molecule has 0 aliphatic carbocycles. The van der Waals surface area contributed by atoms with Crippen molar-refractivity contribution in [2.24, 2.45) is 5.41 Å². The van der Waals surface area contributed by atoms with E-state index in [0.717, 1.165) is 17.6 Å². The molecule has 0 radical (unpaired) electrons. The maximum atomic E-state index is 4.43. The van der Waals surface area contributed by atoms with Gasteiger partial charge in [0.15, 0.2) is 0 Å². The lowest BCUT2D eigenvalue weighted by molar-refractivity contribution is 0.403. The highest BCUT2D eigenvalue weighted by atomic mass is 15.4. The van der Waals surface area contributed by atoms with Crippen LogP contribution in [0.15, 0.2) is 24.4 Å². The second kappa shape index (κ2) is 3.08. The van der Waals surface area contributed by atoms with Crippen molar-refractivity contribution >= 4 is 5.52 Å². The first-order chi connectivity index (χ1) is 6.54. The van der Waals surface area contributed by atoms with E-state index < -0.39 is 0 Å². The largest absolute Gasteiger partial charge is 0.158 e. The zero-order chi connectivity index (χ0) is 10.2. The first kappa shape index (κ1) is 9.19. The SMILES string of the molecule is CC(C)(C)Cc1ccc2ccnn2n1. The van der Waals surface area contributed by atoms with Gasteiger partial charge in [0.2, 0.25) is 0 Å². The van der Waals surface area contributed by atoms with Gasteiger partial charge in [-0.2, -0.15) is 14.8 Å². The minimum absolute atomic E-state index is 0.272. The monoisotopic (exact) mass is 189 g/mol. The molecule has 0 saturated carbocycles. The summed E-state index contributed by atoms with van der Waals surface area (Å²) in [6.07, 6.45) is 2.74. The molecule has 0 N–H and O–H groups in total. The van der Waals surface area contributed by atoms with Gasteiger partial charge in [-0.05, 0) is 30.0 Å². The molecule has 0 atom stereocenters. The zero-order valence-electron chi connectivity index (χ0n) is 8.86. The van der Waals surface area contributed by atoms with Crippen molar-refractivity contribution in [3.8, 4) is 0 Å². The van der Waals surface area contributed by atoms with E-state index in [0.29, 0.717) is 0 Å². The molecule has 0 saturated heterocycles. The molecule has 3 nitrogen and oxygen atoms in total. The number of hydrogen-bond donors (Lipinski definition) is 0. The van der Waals surface area contributed by atoms with Crippen molar-refractivity contribution in [3.63, 3.8) is 0 Å². The third-order valence-corrected chi connectivity index (χ3v) is 2.03. The van der Waals surface area contributed by atoms with Crippen molar-refractivity contribution in [1.82, 2.24) is 14.8 Å². The van der Waals surface area contributed by atoms with Crippen LogP contribution in [0, 0.1) is 5.41 Å². The lowest BCUT2D eigenvalue weighted by Gasteiger charge is -2.16. The topological polar surface area (TPSA) is 30.2 Å². The first-order valence-electron chi connectivity index (χ1n) is 4.85. The molecule has 2 heterocycles. The van der Waals surface area contributed by atoms with Gasteiger partial charge in [0, 0.05) is 0 Å². The number of rotatable bonds is 1. The molecular weight excluding hydrogens is 174 g/mol. The van der Waals surface area contributed by atoms with Gasteiger partial charge in [0.05, 0.1) is 17.4 Å². The Labute approximate surface area is 83.8 Å². The molecule has 0 bridgehead atoms. The fourth-order valence-corrected chi connectivity index (χ4v) is 1.49. The number of hydrogen-bond acceptors (Lipinski definition) is 2. The molecule has 0 aliphatic rings. The maximum Gasteiger partial charge on any atom is 0.0873 e. The average Bonchev–Trinajstić information content (AvgIpc) is 2.47. The summed E-state index contributed by atoms with van der Waals surface area (Å²) in [5, 5.41) is 8.54. The summed E-state index contributed by atoms with van der Waals surface area (Å²) in [4.78, 5) is 0. The van der Waals surface area contributed by atoms with Crippen molar-refractivity contribution in [3.05, 3.63) is 30.1 Å². The van der Waals surface area contributed by atoms with E-state index in [1.807, 2.05) is 6.07 Å². The van der Waals surface area contributed by atoms with Gasteiger partial charge in [-0.3, -0.25) is 0 Å². The van der Waals surface area contributed by atoms with Crippen molar-refractivity contribution in [2.45, 2.75) is 27.2 Å². The smallest absolute Gasteiger partial charge is 0.0873 e. The molecular formula is C11H15N3. The second-order valence-corrected chi connectivity index (χ2v) is 4.81. The van der Waals surface area contributed by atoms with Crippen molar-refractivity contribution in [2.75, 3.05) is 0 Å². The molecule has 0 aromatic carbocycles. The third kappa shape index (κ3) is 1.92. The van der Waals surface area contributed by atoms with Crippen LogP contribution in [0.4, 0.5) is 0 Å². The minimum atomic E-state index is 0.272. The molecule has 0 aliphatic heterocycles. The van der Waals surface area contributed by atoms with E-state index in [1.54, 1.807) is 10.8 Å². The Bertz CT molecular complexity index is 437. The van der Waals surface area contributed by atoms with E-state index in [2.05, 4.69) is 43.1 Å². The first-order valence-corrected chi connectivity index (χ1v) is 4.85. The van der Waals surface area contributed by atoms with Crippen molar-refractivity contribution < 1.29 is 0 Å². The number of fused-ring (bicyclic) bond motifs is 1. The molecule has 2 aromatic rings. The molecule has 0 unspecified atom stereocenters. The fourth-order valence-electron chi connectivity index (χ4n) is 1.49. The number of nitrogens with zero attached hydrogens (tertiary/aromatic N) is 3. The summed E-state index contributed by atoms with van der Waals surface area (Å²) in [7, 11) is 0. The highest BCUT2D eigenvalue weighted by molar-refractivity contribution is 5.43. The van der Waals surface area contributed by atoms with Crippen LogP contribution in [0.2, 0.25) is 0 Å². The number of aromatic nitrogens is 3. The summed E-state index contributed by atoms with van der Waals surface area (Å²) in [6.45, 7) is 6.63. The maximum absolute atomic E-state index is 4.43. The predicted octanol–water partition coefficient (Wildman–Crippen LogP) is 2.32. The van der Waals surface area contributed by atoms with E-state index in [-0.39, 0.29) is 5.41 Å². The Hall–Kier alpha value is -1.38. The minimum Gasteiger partial charge on any atom is -0.158 e. The van der Waals surface area contributed by atoms with Crippen LogP contribution in [-0.2, 0) is 6.42 Å². The summed E-state index contributed by atoms with van der Waals surface area (Å²) >= 11 is 0. The van der Waals surface area contributed by atoms with Gasteiger partial charge in [0.25, 0.3) is 0 Å². The van der Waals surface area contributed by atoms with Crippen LogP contribution in [0.3, 0.4) is 0 Å². The molecule has 3 heteroatoms. The van der Waals surface area contributed by atoms with Gasteiger partial charge < -0.3 is 0 Å². The standard InChI is InChI=1S/C11H15N3/c1-11(2,3)8-9-4-5-10-6-7-12-14(10)13-9/h4-7H,8H2,1-3H3. The van der Waals surface area contributed by atoms with Gasteiger partial charge >= 0.3 is 0 Å². The summed E-state index contributed by atoms with van der Waals surface area (Å²) in [5.74, 6) is 0. The van der Waals surface area contributed by atoms with Crippen LogP contribution in [0.5, 0.6) is 0 Å². The van der Waals surface area contributed by atoms with Crippen LogP contribution in [0.1, 0.15) is 26.5 Å². The Morgan fingerprint density at radius 2 is 2.00 bits per heavy atom.